The van der Waals surface area contributed by atoms with Crippen molar-refractivity contribution in [3.63, 3.8) is 0 Å². The Balaban J connectivity index is 2.67. The van der Waals surface area contributed by atoms with E-state index in [0.717, 1.165) is 22.8 Å². The van der Waals surface area contributed by atoms with E-state index >= 15 is 0 Å². The molecule has 0 aliphatic heterocycles. The molecule has 0 spiro atoms. The van der Waals surface area contributed by atoms with Crippen molar-refractivity contribution in [2.24, 2.45) is 0 Å². The van der Waals surface area contributed by atoms with Gasteiger partial charge in [-0.2, -0.15) is 13.2 Å². The molecular formula is C12H8ClF3INO2. The van der Waals surface area contributed by atoms with Crippen LogP contribution in [0.25, 0.3) is 5.69 Å². The van der Waals surface area contributed by atoms with E-state index in [1.807, 2.05) is 22.6 Å². The van der Waals surface area contributed by atoms with Crippen molar-refractivity contribution in [1.82, 2.24) is 4.57 Å². The summed E-state index contributed by atoms with van der Waals surface area (Å²) in [4.78, 5) is 0. The third-order valence-electron chi connectivity index (χ3n) is 2.69. The van der Waals surface area contributed by atoms with Gasteiger partial charge in [0.1, 0.15) is 0 Å². The average molecular weight is 418 g/mol. The number of rotatable bonds is 2. The summed E-state index contributed by atoms with van der Waals surface area (Å²) in [6.45, 7) is 0. The number of nitrogens with zero attached hydrogens (tertiary/aromatic N) is 1. The first kappa shape index (κ1) is 15.3. The number of benzene rings is 1. The zero-order valence-corrected chi connectivity index (χ0v) is 12.7. The van der Waals surface area contributed by atoms with Gasteiger partial charge in [-0.3, -0.25) is 0 Å². The first-order valence-electron chi connectivity index (χ1n) is 5.31. The highest BCUT2D eigenvalue weighted by Gasteiger charge is 2.31. The molecule has 2 N–H and O–H groups in total. The number of hydrogen-bond donors (Lipinski definition) is 2. The second kappa shape index (κ2) is 5.36. The number of hydrogen-bond acceptors (Lipinski definition) is 2. The number of aromatic hydroxyl groups is 2. The average Bonchev–Trinajstić information content (AvgIpc) is 2.64. The van der Waals surface area contributed by atoms with Crippen molar-refractivity contribution in [2.75, 3.05) is 0 Å². The second-order valence-electron chi connectivity index (χ2n) is 3.98. The standard InChI is InChI=1S/C12H8ClF3INO2/c13-8-2-1-7(12(14,15)16)4-9(8)18-10(19)3-6(5-17)11(18)20/h1-4,19-20H,5H2. The predicted octanol–water partition coefficient (Wildman–Crippen LogP) is 4.50. The van der Waals surface area contributed by atoms with E-state index in [0.29, 0.717) is 9.99 Å². The smallest absolute Gasteiger partial charge is 0.416 e. The first-order valence-corrected chi connectivity index (χ1v) is 7.21. The SMILES string of the molecule is Oc1cc(CI)c(O)n1-c1cc(C(F)(F)F)ccc1Cl. The molecule has 0 radical (unpaired) electrons. The van der Waals surface area contributed by atoms with Gasteiger partial charge in [-0.15, -0.1) is 0 Å². The maximum absolute atomic E-state index is 12.7. The van der Waals surface area contributed by atoms with Gasteiger partial charge in [0.2, 0.25) is 5.88 Å². The van der Waals surface area contributed by atoms with Crippen molar-refractivity contribution >= 4 is 34.2 Å². The zero-order valence-electron chi connectivity index (χ0n) is 9.75. The molecule has 0 aliphatic carbocycles. The van der Waals surface area contributed by atoms with Crippen LogP contribution < -0.4 is 0 Å². The van der Waals surface area contributed by atoms with Crippen LogP contribution in [-0.4, -0.2) is 14.8 Å². The number of halogens is 5. The van der Waals surface area contributed by atoms with Gasteiger partial charge in [-0.1, -0.05) is 34.2 Å². The fourth-order valence-corrected chi connectivity index (χ4v) is 2.50. The van der Waals surface area contributed by atoms with Gasteiger partial charge in [-0.25, -0.2) is 4.57 Å². The number of alkyl halides is 4. The quantitative estimate of drug-likeness (QED) is 0.558. The molecule has 0 saturated carbocycles. The Kier molecular flexibility index (Phi) is 4.10. The monoisotopic (exact) mass is 417 g/mol. The van der Waals surface area contributed by atoms with Gasteiger partial charge >= 0.3 is 6.18 Å². The molecule has 1 aromatic heterocycles. The van der Waals surface area contributed by atoms with Crippen LogP contribution in [0.2, 0.25) is 5.02 Å². The lowest BCUT2D eigenvalue weighted by molar-refractivity contribution is -0.137. The topological polar surface area (TPSA) is 45.4 Å². The Hall–Kier alpha value is -1.09. The third kappa shape index (κ3) is 2.69. The molecule has 108 valence electrons. The highest BCUT2D eigenvalue weighted by molar-refractivity contribution is 14.1. The summed E-state index contributed by atoms with van der Waals surface area (Å²) < 4.78 is 39.4. The summed E-state index contributed by atoms with van der Waals surface area (Å²) in [5, 5.41) is 19.7. The fraction of sp³-hybridized carbons (Fsp3) is 0.167. The molecule has 0 aliphatic rings. The first-order chi connectivity index (χ1) is 9.25. The Morgan fingerprint density at radius 2 is 1.85 bits per heavy atom. The van der Waals surface area contributed by atoms with Crippen LogP contribution >= 0.6 is 34.2 Å². The van der Waals surface area contributed by atoms with E-state index in [1.54, 1.807) is 0 Å². The Bertz CT molecular complexity index is 655. The molecule has 0 fully saturated rings. The molecule has 0 bridgehead atoms. The molecule has 0 unspecified atom stereocenters. The number of aromatic nitrogens is 1. The predicted molar refractivity (Wildman–Crippen MR) is 76.8 cm³/mol. The van der Waals surface area contributed by atoms with Crippen LogP contribution in [0.15, 0.2) is 24.3 Å². The van der Waals surface area contributed by atoms with Crippen LogP contribution in [-0.2, 0) is 10.6 Å². The summed E-state index contributed by atoms with van der Waals surface area (Å²) in [6.07, 6.45) is -4.54. The van der Waals surface area contributed by atoms with Gasteiger partial charge in [0, 0.05) is 16.1 Å². The maximum atomic E-state index is 12.7. The summed E-state index contributed by atoms with van der Waals surface area (Å²) in [5.74, 6) is -0.714. The third-order valence-corrected chi connectivity index (χ3v) is 3.83. The molecule has 0 atom stereocenters. The van der Waals surface area contributed by atoms with Crippen molar-refractivity contribution < 1.29 is 23.4 Å². The van der Waals surface area contributed by atoms with E-state index in [9.17, 15) is 23.4 Å². The molecule has 0 saturated heterocycles. The van der Waals surface area contributed by atoms with Crippen LogP contribution in [0.1, 0.15) is 11.1 Å². The molecular weight excluding hydrogens is 409 g/mol. The summed E-state index contributed by atoms with van der Waals surface area (Å²) in [6, 6.07) is 3.96. The van der Waals surface area contributed by atoms with Crippen LogP contribution in [0.5, 0.6) is 11.8 Å². The lowest BCUT2D eigenvalue weighted by Gasteiger charge is -2.13. The summed E-state index contributed by atoms with van der Waals surface area (Å²) in [5.41, 5.74) is -0.649. The molecule has 20 heavy (non-hydrogen) atoms. The van der Waals surface area contributed by atoms with E-state index in [1.165, 1.54) is 6.07 Å². The van der Waals surface area contributed by atoms with E-state index < -0.39 is 11.7 Å². The molecule has 1 heterocycles. The molecule has 8 heteroatoms. The molecule has 3 nitrogen and oxygen atoms in total. The van der Waals surface area contributed by atoms with E-state index in [-0.39, 0.29) is 22.5 Å². The Morgan fingerprint density at radius 1 is 1.20 bits per heavy atom. The molecule has 1 aromatic carbocycles. The molecule has 2 rings (SSSR count). The second-order valence-corrected chi connectivity index (χ2v) is 5.15. The van der Waals surface area contributed by atoms with E-state index in [4.69, 9.17) is 11.6 Å². The maximum Gasteiger partial charge on any atom is 0.416 e. The van der Waals surface area contributed by atoms with E-state index in [2.05, 4.69) is 0 Å². The van der Waals surface area contributed by atoms with Crippen molar-refractivity contribution in [2.45, 2.75) is 10.6 Å². The highest BCUT2D eigenvalue weighted by Crippen LogP contribution is 2.38. The van der Waals surface area contributed by atoms with Crippen molar-refractivity contribution in [1.29, 1.82) is 0 Å². The highest BCUT2D eigenvalue weighted by atomic mass is 127. The Labute approximate surface area is 130 Å². The minimum Gasteiger partial charge on any atom is -0.494 e. The van der Waals surface area contributed by atoms with Crippen LogP contribution in [0.4, 0.5) is 13.2 Å². The lowest BCUT2D eigenvalue weighted by Crippen LogP contribution is -2.06. The lowest BCUT2D eigenvalue weighted by atomic mass is 10.2. The molecule has 2 aromatic rings. The Morgan fingerprint density at radius 3 is 2.35 bits per heavy atom. The summed E-state index contributed by atoms with van der Waals surface area (Å²) in [7, 11) is 0. The van der Waals surface area contributed by atoms with Gasteiger partial charge < -0.3 is 10.2 Å². The summed E-state index contributed by atoms with van der Waals surface area (Å²) >= 11 is 7.82. The van der Waals surface area contributed by atoms with Crippen LogP contribution in [0, 0.1) is 0 Å². The largest absolute Gasteiger partial charge is 0.494 e. The van der Waals surface area contributed by atoms with Gasteiger partial charge in [0.05, 0.1) is 16.3 Å². The van der Waals surface area contributed by atoms with Gasteiger partial charge in [0.25, 0.3) is 0 Å². The van der Waals surface area contributed by atoms with Gasteiger partial charge in [-0.05, 0) is 18.2 Å². The molecule has 0 amide bonds. The van der Waals surface area contributed by atoms with Crippen molar-refractivity contribution in [3.05, 3.63) is 40.4 Å². The minimum absolute atomic E-state index is 0.0146. The van der Waals surface area contributed by atoms with Crippen LogP contribution in [0.3, 0.4) is 0 Å². The zero-order chi connectivity index (χ0) is 15.1. The normalized spacial score (nSPS) is 11.8. The fourth-order valence-electron chi connectivity index (χ4n) is 1.73. The van der Waals surface area contributed by atoms with Crippen molar-refractivity contribution in [3.8, 4) is 17.4 Å². The van der Waals surface area contributed by atoms with Gasteiger partial charge in [0.15, 0.2) is 5.88 Å². The minimum atomic E-state index is -4.54.